The van der Waals surface area contributed by atoms with Crippen molar-refractivity contribution in [2.45, 2.75) is 0 Å². The van der Waals surface area contributed by atoms with Gasteiger partial charge in [0, 0.05) is 6.20 Å². The van der Waals surface area contributed by atoms with Crippen LogP contribution in [0, 0.1) is 0 Å². The summed E-state index contributed by atoms with van der Waals surface area (Å²) in [4.78, 5) is 3.83. The van der Waals surface area contributed by atoms with Gasteiger partial charge in [-0.3, -0.25) is 0 Å². The van der Waals surface area contributed by atoms with Gasteiger partial charge >= 0.3 is 0 Å². The predicted octanol–water partition coefficient (Wildman–Crippen LogP) is 1.38. The van der Waals surface area contributed by atoms with Crippen molar-refractivity contribution in [3.05, 3.63) is 29.8 Å². The maximum absolute atomic E-state index is 5.77. The Morgan fingerprint density at radius 3 is 3.20 bits per heavy atom. The van der Waals surface area contributed by atoms with Gasteiger partial charge in [0.05, 0.1) is 11.2 Å². The van der Waals surface area contributed by atoms with Gasteiger partial charge in [0.25, 0.3) is 0 Å². The minimum atomic E-state index is 0.681. The molecule has 0 saturated heterocycles. The first-order valence-corrected chi connectivity index (χ1v) is 3.18. The zero-order valence-corrected chi connectivity index (χ0v) is 5.78. The zero-order valence-electron chi connectivity index (χ0n) is 5.03. The molecular formula is C6H4ClN3. The first-order valence-electron chi connectivity index (χ1n) is 2.81. The molecule has 0 atom stereocenters. The molecule has 0 aliphatic rings. The van der Waals surface area contributed by atoms with Crippen molar-refractivity contribution in [3.8, 4) is 0 Å². The van der Waals surface area contributed by atoms with Gasteiger partial charge in [0.15, 0.2) is 0 Å². The average molecular weight is 154 g/mol. The van der Waals surface area contributed by atoms with Gasteiger partial charge in [-0.1, -0.05) is 11.6 Å². The van der Waals surface area contributed by atoms with E-state index in [1.807, 2.05) is 0 Å². The highest BCUT2D eigenvalue weighted by Gasteiger charge is 1.96. The molecule has 2 heterocycles. The largest absolute Gasteiger partial charge is 0.241 e. The van der Waals surface area contributed by atoms with Crippen molar-refractivity contribution >= 4 is 17.1 Å². The van der Waals surface area contributed by atoms with E-state index in [-0.39, 0.29) is 0 Å². The van der Waals surface area contributed by atoms with Crippen molar-refractivity contribution in [2.75, 3.05) is 0 Å². The quantitative estimate of drug-likeness (QED) is 0.573. The zero-order chi connectivity index (χ0) is 6.97. The van der Waals surface area contributed by atoms with Crippen LogP contribution in [0.1, 0.15) is 0 Å². The van der Waals surface area contributed by atoms with Crippen LogP contribution in [-0.2, 0) is 0 Å². The summed E-state index contributed by atoms with van der Waals surface area (Å²) in [6.45, 7) is 0. The lowest BCUT2D eigenvalue weighted by atomic mass is 10.5. The van der Waals surface area contributed by atoms with Gasteiger partial charge < -0.3 is 0 Å². The molecular weight excluding hydrogens is 150 g/mol. The van der Waals surface area contributed by atoms with Crippen LogP contribution in [-0.4, -0.2) is 14.6 Å². The van der Waals surface area contributed by atoms with Crippen LogP contribution < -0.4 is 0 Å². The summed E-state index contributed by atoms with van der Waals surface area (Å²) in [5.41, 5.74) is 0.837. The molecule has 10 heavy (non-hydrogen) atoms. The second-order valence-corrected chi connectivity index (χ2v) is 2.31. The molecule has 50 valence electrons. The van der Waals surface area contributed by atoms with E-state index in [2.05, 4.69) is 10.1 Å². The lowest BCUT2D eigenvalue weighted by molar-refractivity contribution is 0.903. The van der Waals surface area contributed by atoms with Crippen LogP contribution in [0.2, 0.25) is 5.02 Å². The molecule has 0 unspecified atom stereocenters. The fourth-order valence-electron chi connectivity index (χ4n) is 0.822. The van der Waals surface area contributed by atoms with Crippen LogP contribution in [0.25, 0.3) is 5.52 Å². The Kier molecular flexibility index (Phi) is 1.11. The summed E-state index contributed by atoms with van der Waals surface area (Å²) >= 11 is 5.77. The standard InChI is InChI=1S/C6H4ClN3/c7-5-1-2-10-6(5)3-8-4-9-10/h1-4H. The first-order chi connectivity index (χ1) is 4.88. The minimum absolute atomic E-state index is 0.681. The van der Waals surface area contributed by atoms with Crippen molar-refractivity contribution in [1.82, 2.24) is 14.6 Å². The molecule has 0 spiro atoms. The minimum Gasteiger partial charge on any atom is -0.241 e. The van der Waals surface area contributed by atoms with Crippen LogP contribution >= 0.6 is 11.6 Å². The molecule has 2 rings (SSSR count). The third kappa shape index (κ3) is 0.675. The van der Waals surface area contributed by atoms with Gasteiger partial charge in [0.2, 0.25) is 0 Å². The molecule has 0 amide bonds. The topological polar surface area (TPSA) is 30.2 Å². The Hall–Kier alpha value is -1.09. The Morgan fingerprint density at radius 2 is 2.40 bits per heavy atom. The Balaban J connectivity index is 2.93. The van der Waals surface area contributed by atoms with Crippen molar-refractivity contribution in [1.29, 1.82) is 0 Å². The maximum atomic E-state index is 5.77. The summed E-state index contributed by atoms with van der Waals surface area (Å²) in [6, 6.07) is 1.78. The van der Waals surface area contributed by atoms with E-state index in [0.717, 1.165) is 5.52 Å². The number of hydrogen-bond acceptors (Lipinski definition) is 2. The second-order valence-electron chi connectivity index (χ2n) is 1.90. The van der Waals surface area contributed by atoms with Gasteiger partial charge in [0.1, 0.15) is 11.8 Å². The highest BCUT2D eigenvalue weighted by Crippen LogP contribution is 2.14. The van der Waals surface area contributed by atoms with E-state index < -0.39 is 0 Å². The number of fused-ring (bicyclic) bond motifs is 1. The number of aromatic nitrogens is 3. The highest BCUT2D eigenvalue weighted by molar-refractivity contribution is 6.33. The van der Waals surface area contributed by atoms with Crippen LogP contribution in [0.3, 0.4) is 0 Å². The number of nitrogens with zero attached hydrogens (tertiary/aromatic N) is 3. The van der Waals surface area contributed by atoms with E-state index in [9.17, 15) is 0 Å². The third-order valence-electron chi connectivity index (χ3n) is 1.29. The van der Waals surface area contributed by atoms with Gasteiger partial charge in [-0.15, -0.1) is 0 Å². The lowest BCUT2D eigenvalue weighted by Gasteiger charge is -1.88. The Morgan fingerprint density at radius 1 is 1.50 bits per heavy atom. The van der Waals surface area contributed by atoms with Gasteiger partial charge in [-0.2, -0.15) is 5.10 Å². The Bertz CT molecular complexity index is 355. The molecule has 0 fully saturated rings. The van der Waals surface area contributed by atoms with E-state index in [0.29, 0.717) is 5.02 Å². The number of halogens is 1. The van der Waals surface area contributed by atoms with Gasteiger partial charge in [-0.05, 0) is 6.07 Å². The van der Waals surface area contributed by atoms with Crippen molar-refractivity contribution < 1.29 is 0 Å². The molecule has 0 aromatic carbocycles. The van der Waals surface area contributed by atoms with E-state index in [1.165, 1.54) is 6.33 Å². The molecule has 4 heteroatoms. The molecule has 0 bridgehead atoms. The highest BCUT2D eigenvalue weighted by atomic mass is 35.5. The lowest BCUT2D eigenvalue weighted by Crippen LogP contribution is -1.87. The maximum Gasteiger partial charge on any atom is 0.136 e. The summed E-state index contributed by atoms with van der Waals surface area (Å²) in [5.74, 6) is 0. The molecule has 0 N–H and O–H groups in total. The number of hydrogen-bond donors (Lipinski definition) is 0. The smallest absolute Gasteiger partial charge is 0.136 e. The molecule has 2 aromatic rings. The third-order valence-corrected chi connectivity index (χ3v) is 1.61. The Labute approximate surface area is 62.3 Å². The summed E-state index contributed by atoms with van der Waals surface area (Å²) in [6.07, 6.45) is 4.94. The van der Waals surface area contributed by atoms with Gasteiger partial charge in [-0.25, -0.2) is 9.50 Å². The monoisotopic (exact) mass is 153 g/mol. The normalized spacial score (nSPS) is 10.5. The molecule has 0 aliphatic carbocycles. The predicted molar refractivity (Wildman–Crippen MR) is 38.0 cm³/mol. The molecule has 0 radical (unpaired) electrons. The first kappa shape index (κ1) is 5.68. The van der Waals surface area contributed by atoms with Crippen LogP contribution in [0.15, 0.2) is 24.8 Å². The molecule has 2 aromatic heterocycles. The summed E-state index contributed by atoms with van der Waals surface area (Å²) < 4.78 is 1.68. The molecule has 3 nitrogen and oxygen atoms in total. The SMILES string of the molecule is Clc1ccn2ncncc12. The van der Waals surface area contributed by atoms with Crippen LogP contribution in [0.4, 0.5) is 0 Å². The fourth-order valence-corrected chi connectivity index (χ4v) is 1.01. The van der Waals surface area contributed by atoms with Crippen LogP contribution in [0.5, 0.6) is 0 Å². The number of rotatable bonds is 0. The summed E-state index contributed by atoms with van der Waals surface area (Å²) in [5, 5.41) is 4.60. The average Bonchev–Trinajstić information content (AvgIpc) is 2.34. The molecule has 0 aliphatic heterocycles. The van der Waals surface area contributed by atoms with Crippen molar-refractivity contribution in [2.24, 2.45) is 0 Å². The molecule has 0 saturated carbocycles. The fraction of sp³-hybridized carbons (Fsp3) is 0. The van der Waals surface area contributed by atoms with Crippen molar-refractivity contribution in [3.63, 3.8) is 0 Å². The second kappa shape index (κ2) is 1.95. The van der Waals surface area contributed by atoms with E-state index in [4.69, 9.17) is 11.6 Å². The summed E-state index contributed by atoms with van der Waals surface area (Å²) in [7, 11) is 0. The van der Waals surface area contributed by atoms with E-state index in [1.54, 1.807) is 23.0 Å². The van der Waals surface area contributed by atoms with E-state index >= 15 is 0 Å².